The minimum atomic E-state index is -1.48. The smallest absolute Gasteiger partial charge is 0.252 e. The molecule has 6 heteroatoms. The Labute approximate surface area is 163 Å². The quantitative estimate of drug-likeness (QED) is 0.471. The number of carbonyl (C=O) groups excluding carboxylic acids is 2. The van der Waals surface area contributed by atoms with Crippen molar-refractivity contribution in [2.75, 3.05) is 5.73 Å². The minimum Gasteiger partial charge on any atom is -0.398 e. The van der Waals surface area contributed by atoms with E-state index in [1.165, 1.54) is 13.8 Å². The number of hydrogen-bond donors (Lipinski definition) is 4. The highest BCUT2D eigenvalue weighted by Crippen LogP contribution is 2.10. The Hall–Kier alpha value is -3.74. The van der Waals surface area contributed by atoms with E-state index in [0.29, 0.717) is 22.4 Å². The predicted octanol–water partition coefficient (Wildman–Crippen LogP) is 1.03. The van der Waals surface area contributed by atoms with Crippen LogP contribution in [-0.2, 0) is 4.79 Å². The van der Waals surface area contributed by atoms with Crippen molar-refractivity contribution < 1.29 is 14.7 Å². The Bertz CT molecular complexity index is 998. The van der Waals surface area contributed by atoms with E-state index in [0.717, 1.165) is 0 Å². The maximum Gasteiger partial charge on any atom is 0.252 e. The van der Waals surface area contributed by atoms with Crippen LogP contribution in [0.5, 0.6) is 0 Å². The van der Waals surface area contributed by atoms with Gasteiger partial charge in [0.1, 0.15) is 6.04 Å². The predicted molar refractivity (Wildman–Crippen MR) is 108 cm³/mol. The Balaban J connectivity index is 2.07. The van der Waals surface area contributed by atoms with Crippen molar-refractivity contribution in [1.82, 2.24) is 5.32 Å². The zero-order valence-electron chi connectivity index (χ0n) is 15.6. The summed E-state index contributed by atoms with van der Waals surface area (Å²) >= 11 is 0. The summed E-state index contributed by atoms with van der Waals surface area (Å²) in [4.78, 5) is 23.7. The number of anilines is 1. The maximum absolute atomic E-state index is 12.3. The van der Waals surface area contributed by atoms with E-state index in [2.05, 4.69) is 29.0 Å². The summed E-state index contributed by atoms with van der Waals surface area (Å²) in [5, 5.41) is 12.4. The summed E-state index contributed by atoms with van der Waals surface area (Å²) in [7, 11) is 0. The van der Waals surface area contributed by atoms with Gasteiger partial charge in [0.05, 0.1) is 5.60 Å². The molecule has 28 heavy (non-hydrogen) atoms. The minimum absolute atomic E-state index is 0.309. The third kappa shape index (κ3) is 5.63. The Kier molecular flexibility index (Phi) is 6.44. The van der Waals surface area contributed by atoms with Gasteiger partial charge in [0.15, 0.2) is 0 Å². The SMILES string of the molecule is CC(C)(O)[C@H](NC(=O)c1ccc(C#CC#Cc2ccccc2N)cc1)C(N)=O. The second kappa shape index (κ2) is 8.77. The van der Waals surface area contributed by atoms with Crippen LogP contribution in [0, 0.1) is 23.7 Å². The van der Waals surface area contributed by atoms with Crippen LogP contribution < -0.4 is 16.8 Å². The summed E-state index contributed by atoms with van der Waals surface area (Å²) in [5.74, 6) is 9.88. The molecule has 1 atom stereocenters. The van der Waals surface area contributed by atoms with Gasteiger partial charge in [0.2, 0.25) is 5.91 Å². The molecule has 0 saturated carbocycles. The van der Waals surface area contributed by atoms with Crippen LogP contribution >= 0.6 is 0 Å². The molecule has 0 aliphatic carbocycles. The highest BCUT2D eigenvalue weighted by molar-refractivity contribution is 5.97. The first-order valence-electron chi connectivity index (χ1n) is 8.47. The average molecular weight is 375 g/mol. The summed E-state index contributed by atoms with van der Waals surface area (Å²) < 4.78 is 0. The molecule has 0 radical (unpaired) electrons. The Morgan fingerprint density at radius 3 is 2.21 bits per heavy atom. The molecule has 6 nitrogen and oxygen atoms in total. The second-order valence-corrected chi connectivity index (χ2v) is 6.63. The van der Waals surface area contributed by atoms with Gasteiger partial charge >= 0.3 is 0 Å². The first-order chi connectivity index (χ1) is 13.2. The van der Waals surface area contributed by atoms with Crippen molar-refractivity contribution in [3.05, 3.63) is 65.2 Å². The van der Waals surface area contributed by atoms with Gasteiger partial charge in [0.25, 0.3) is 5.91 Å². The lowest BCUT2D eigenvalue weighted by molar-refractivity contribution is -0.125. The van der Waals surface area contributed by atoms with Crippen molar-refractivity contribution in [3.8, 4) is 23.7 Å². The van der Waals surface area contributed by atoms with Crippen LogP contribution in [0.15, 0.2) is 48.5 Å². The fourth-order valence-electron chi connectivity index (χ4n) is 2.33. The maximum atomic E-state index is 12.3. The molecule has 0 aliphatic rings. The largest absolute Gasteiger partial charge is 0.398 e. The van der Waals surface area contributed by atoms with Crippen LogP contribution in [-0.4, -0.2) is 28.6 Å². The van der Waals surface area contributed by atoms with Crippen LogP contribution in [0.1, 0.15) is 35.3 Å². The molecule has 0 aliphatic heterocycles. The van der Waals surface area contributed by atoms with E-state index in [1.54, 1.807) is 30.3 Å². The molecule has 0 fully saturated rings. The highest BCUT2D eigenvalue weighted by atomic mass is 16.3. The van der Waals surface area contributed by atoms with E-state index in [9.17, 15) is 14.7 Å². The fourth-order valence-corrected chi connectivity index (χ4v) is 2.33. The third-order valence-corrected chi connectivity index (χ3v) is 3.84. The molecule has 2 aromatic rings. The van der Waals surface area contributed by atoms with Gasteiger partial charge in [-0.1, -0.05) is 24.0 Å². The van der Waals surface area contributed by atoms with Crippen LogP contribution in [0.2, 0.25) is 0 Å². The van der Waals surface area contributed by atoms with Gasteiger partial charge in [-0.2, -0.15) is 0 Å². The zero-order chi connectivity index (χ0) is 20.7. The Morgan fingerprint density at radius 2 is 1.64 bits per heavy atom. The number of amides is 2. The lowest BCUT2D eigenvalue weighted by atomic mass is 9.98. The number of nitrogens with two attached hydrogens (primary N) is 2. The zero-order valence-corrected chi connectivity index (χ0v) is 15.6. The van der Waals surface area contributed by atoms with Crippen LogP contribution in [0.4, 0.5) is 5.69 Å². The van der Waals surface area contributed by atoms with Crippen molar-refractivity contribution >= 4 is 17.5 Å². The first-order valence-corrected chi connectivity index (χ1v) is 8.47. The first kappa shape index (κ1) is 20.6. The van der Waals surface area contributed by atoms with Gasteiger partial charge in [-0.3, -0.25) is 9.59 Å². The van der Waals surface area contributed by atoms with Gasteiger partial charge in [-0.25, -0.2) is 0 Å². The van der Waals surface area contributed by atoms with Gasteiger partial charge in [0, 0.05) is 22.4 Å². The molecule has 0 unspecified atom stereocenters. The van der Waals surface area contributed by atoms with Crippen molar-refractivity contribution in [3.63, 3.8) is 0 Å². The number of nitrogen functional groups attached to an aromatic ring is 1. The summed E-state index contributed by atoms with van der Waals surface area (Å²) in [6.45, 7) is 2.79. The van der Waals surface area contributed by atoms with E-state index in [-0.39, 0.29) is 0 Å². The number of para-hydroxylation sites is 1. The molecule has 0 saturated heterocycles. The van der Waals surface area contributed by atoms with Crippen molar-refractivity contribution in [1.29, 1.82) is 0 Å². The molecular formula is C22H21N3O3. The molecule has 2 rings (SSSR count). The van der Waals surface area contributed by atoms with Crippen molar-refractivity contribution in [2.45, 2.75) is 25.5 Å². The molecule has 0 aromatic heterocycles. The van der Waals surface area contributed by atoms with Gasteiger partial charge < -0.3 is 21.9 Å². The molecule has 0 spiro atoms. The van der Waals surface area contributed by atoms with E-state index in [1.807, 2.05) is 18.2 Å². The number of benzene rings is 2. The van der Waals surface area contributed by atoms with Gasteiger partial charge in [-0.05, 0) is 62.1 Å². The molecule has 6 N–H and O–H groups in total. The van der Waals surface area contributed by atoms with E-state index in [4.69, 9.17) is 11.5 Å². The topological polar surface area (TPSA) is 118 Å². The number of carbonyl (C=O) groups is 2. The summed E-state index contributed by atoms with van der Waals surface area (Å²) in [6.07, 6.45) is 0. The molecule has 0 heterocycles. The molecular weight excluding hydrogens is 354 g/mol. The number of nitrogens with one attached hydrogen (secondary N) is 1. The van der Waals surface area contributed by atoms with Crippen LogP contribution in [0.25, 0.3) is 0 Å². The fraction of sp³-hybridized carbons (Fsp3) is 0.182. The number of rotatable bonds is 4. The molecule has 2 aromatic carbocycles. The number of aliphatic hydroxyl groups is 1. The number of hydrogen-bond acceptors (Lipinski definition) is 4. The van der Waals surface area contributed by atoms with Crippen LogP contribution in [0.3, 0.4) is 0 Å². The average Bonchev–Trinajstić information content (AvgIpc) is 2.63. The summed E-state index contributed by atoms with van der Waals surface area (Å²) in [5.41, 5.74) is 11.8. The molecule has 142 valence electrons. The van der Waals surface area contributed by atoms with Gasteiger partial charge in [-0.15, -0.1) is 0 Å². The standard InChI is InChI=1S/C22H21N3O3/c1-22(2,28)19(20(24)26)25-21(27)17-13-11-15(12-14-17)7-3-4-8-16-9-5-6-10-18(16)23/h5-6,9-14,19,28H,23H2,1-2H3,(H2,24,26)(H,25,27)/t19-/m1/s1. The normalized spacial score (nSPS) is 11.2. The van der Waals surface area contributed by atoms with E-state index >= 15 is 0 Å². The van der Waals surface area contributed by atoms with E-state index < -0.39 is 23.5 Å². The second-order valence-electron chi connectivity index (χ2n) is 6.63. The van der Waals surface area contributed by atoms with Crippen molar-refractivity contribution in [2.24, 2.45) is 5.73 Å². The lowest BCUT2D eigenvalue weighted by Crippen LogP contribution is -2.56. The lowest BCUT2D eigenvalue weighted by Gasteiger charge is -2.27. The third-order valence-electron chi connectivity index (χ3n) is 3.84. The molecule has 2 amide bonds. The highest BCUT2D eigenvalue weighted by Gasteiger charge is 2.33. The Morgan fingerprint density at radius 1 is 1.04 bits per heavy atom. The molecule has 0 bridgehead atoms. The summed E-state index contributed by atoms with van der Waals surface area (Å²) in [6, 6.07) is 12.5. The number of primary amides is 1. The monoisotopic (exact) mass is 375 g/mol.